The molecule has 0 aliphatic heterocycles. The molecule has 0 aromatic carbocycles. The Hall–Kier alpha value is 0.270. The molecule has 3 heteroatoms. The van der Waals surface area contributed by atoms with Crippen molar-refractivity contribution in [2.75, 3.05) is 18.1 Å². The Morgan fingerprint density at radius 1 is 1.42 bits per heavy atom. The molecule has 0 rings (SSSR count). The molecule has 1 unspecified atom stereocenters. The third kappa shape index (κ3) is 8.37. The Labute approximate surface area is 79.7 Å². The summed E-state index contributed by atoms with van der Waals surface area (Å²) in [5, 5.41) is 9.38. The quantitative estimate of drug-likeness (QED) is 0.625. The number of aliphatic hydroxyl groups is 1. The standard InChI is InChI=1S/C9H20O2S/c1-4-5-12-7-9(10)6-11-8(2)3/h8-10H,4-7H2,1-3H3. The normalized spacial score (nSPS) is 13.8. The van der Waals surface area contributed by atoms with Crippen LogP contribution in [0.5, 0.6) is 0 Å². The Kier molecular flexibility index (Phi) is 8.07. The lowest BCUT2D eigenvalue weighted by atomic mass is 10.4. The lowest BCUT2D eigenvalue weighted by molar-refractivity contribution is 0.0152. The fraction of sp³-hybridized carbons (Fsp3) is 1.00. The SMILES string of the molecule is CCCSCC(O)COC(C)C. The van der Waals surface area contributed by atoms with Gasteiger partial charge in [-0.25, -0.2) is 0 Å². The summed E-state index contributed by atoms with van der Waals surface area (Å²) in [7, 11) is 0. The molecule has 0 heterocycles. The minimum absolute atomic E-state index is 0.218. The number of thioether (sulfide) groups is 1. The molecule has 0 amide bonds. The van der Waals surface area contributed by atoms with Gasteiger partial charge in [0.15, 0.2) is 0 Å². The van der Waals surface area contributed by atoms with Gasteiger partial charge < -0.3 is 9.84 Å². The minimum Gasteiger partial charge on any atom is -0.390 e. The zero-order chi connectivity index (χ0) is 9.40. The molecule has 0 aromatic rings. The van der Waals surface area contributed by atoms with Crippen molar-refractivity contribution in [2.45, 2.75) is 39.4 Å². The Morgan fingerprint density at radius 2 is 2.08 bits per heavy atom. The van der Waals surface area contributed by atoms with Crippen molar-refractivity contribution in [3.8, 4) is 0 Å². The molecule has 0 spiro atoms. The Bertz CT molecular complexity index is 96.5. The van der Waals surface area contributed by atoms with E-state index in [-0.39, 0.29) is 12.2 Å². The maximum absolute atomic E-state index is 9.38. The van der Waals surface area contributed by atoms with Crippen molar-refractivity contribution in [1.82, 2.24) is 0 Å². The van der Waals surface area contributed by atoms with Crippen LogP contribution in [0, 0.1) is 0 Å². The molecule has 0 fully saturated rings. The highest BCUT2D eigenvalue weighted by Gasteiger charge is 2.04. The van der Waals surface area contributed by atoms with E-state index in [1.54, 1.807) is 11.8 Å². The van der Waals surface area contributed by atoms with Gasteiger partial charge >= 0.3 is 0 Å². The van der Waals surface area contributed by atoms with E-state index in [9.17, 15) is 5.11 Å². The predicted molar refractivity (Wildman–Crippen MR) is 54.7 cm³/mol. The minimum atomic E-state index is -0.302. The molecule has 0 aliphatic carbocycles. The molecule has 1 atom stereocenters. The van der Waals surface area contributed by atoms with Crippen molar-refractivity contribution in [2.24, 2.45) is 0 Å². The summed E-state index contributed by atoms with van der Waals surface area (Å²) in [5.41, 5.74) is 0. The van der Waals surface area contributed by atoms with Crippen LogP contribution >= 0.6 is 11.8 Å². The summed E-state index contributed by atoms with van der Waals surface area (Å²) in [6, 6.07) is 0. The van der Waals surface area contributed by atoms with Crippen LogP contribution in [0.4, 0.5) is 0 Å². The fourth-order valence-electron chi connectivity index (χ4n) is 0.715. The first-order chi connectivity index (χ1) is 5.66. The van der Waals surface area contributed by atoms with Crippen molar-refractivity contribution < 1.29 is 9.84 Å². The first-order valence-electron chi connectivity index (χ1n) is 4.54. The molecule has 2 nitrogen and oxygen atoms in total. The van der Waals surface area contributed by atoms with Gasteiger partial charge in [0.1, 0.15) is 0 Å². The molecule has 0 aromatic heterocycles. The number of hydrogen-bond acceptors (Lipinski definition) is 3. The maximum atomic E-state index is 9.38. The first-order valence-corrected chi connectivity index (χ1v) is 5.69. The number of aliphatic hydroxyl groups excluding tert-OH is 1. The van der Waals surface area contributed by atoms with E-state index >= 15 is 0 Å². The lowest BCUT2D eigenvalue weighted by Gasteiger charge is -2.12. The van der Waals surface area contributed by atoms with Gasteiger partial charge in [0.25, 0.3) is 0 Å². The Morgan fingerprint density at radius 3 is 2.58 bits per heavy atom. The second kappa shape index (κ2) is 7.90. The van der Waals surface area contributed by atoms with Crippen molar-refractivity contribution in [1.29, 1.82) is 0 Å². The summed E-state index contributed by atoms with van der Waals surface area (Å²) in [6.45, 7) is 6.57. The predicted octanol–water partition coefficient (Wildman–Crippen LogP) is 1.92. The van der Waals surface area contributed by atoms with E-state index in [1.807, 2.05) is 13.8 Å². The molecular weight excluding hydrogens is 172 g/mol. The van der Waals surface area contributed by atoms with Crippen LogP contribution in [-0.2, 0) is 4.74 Å². The molecule has 0 saturated heterocycles. The number of ether oxygens (including phenoxy) is 1. The van der Waals surface area contributed by atoms with Crippen LogP contribution in [0.2, 0.25) is 0 Å². The van der Waals surface area contributed by atoms with Gasteiger partial charge in [-0.05, 0) is 26.0 Å². The van der Waals surface area contributed by atoms with Crippen LogP contribution in [0.25, 0.3) is 0 Å². The highest BCUT2D eigenvalue weighted by Crippen LogP contribution is 2.05. The molecule has 1 N–H and O–H groups in total. The summed E-state index contributed by atoms with van der Waals surface area (Å²) >= 11 is 1.78. The van der Waals surface area contributed by atoms with Crippen molar-refractivity contribution in [3.63, 3.8) is 0 Å². The fourth-order valence-corrected chi connectivity index (χ4v) is 1.54. The van der Waals surface area contributed by atoms with Gasteiger partial charge in [-0.1, -0.05) is 6.92 Å². The van der Waals surface area contributed by atoms with E-state index in [0.717, 1.165) is 11.5 Å². The number of hydrogen-bond donors (Lipinski definition) is 1. The molecule has 0 radical (unpaired) electrons. The Balaban J connectivity index is 3.15. The third-order valence-corrected chi connectivity index (χ3v) is 2.60. The van der Waals surface area contributed by atoms with Gasteiger partial charge in [0.2, 0.25) is 0 Å². The average Bonchev–Trinajstić information content (AvgIpc) is 2.01. The smallest absolute Gasteiger partial charge is 0.0863 e. The molecular formula is C9H20O2S. The summed E-state index contributed by atoms with van der Waals surface area (Å²) < 4.78 is 5.27. The van der Waals surface area contributed by atoms with Gasteiger partial charge in [0.05, 0.1) is 18.8 Å². The van der Waals surface area contributed by atoms with Crippen LogP contribution in [0.1, 0.15) is 27.2 Å². The zero-order valence-electron chi connectivity index (χ0n) is 8.25. The second-order valence-electron chi connectivity index (χ2n) is 3.11. The van der Waals surface area contributed by atoms with E-state index in [2.05, 4.69) is 6.92 Å². The zero-order valence-corrected chi connectivity index (χ0v) is 9.06. The van der Waals surface area contributed by atoms with E-state index in [0.29, 0.717) is 6.61 Å². The molecule has 12 heavy (non-hydrogen) atoms. The third-order valence-electron chi connectivity index (χ3n) is 1.28. The maximum Gasteiger partial charge on any atom is 0.0863 e. The van der Waals surface area contributed by atoms with Crippen molar-refractivity contribution in [3.05, 3.63) is 0 Å². The number of rotatable bonds is 7. The van der Waals surface area contributed by atoms with Gasteiger partial charge in [0, 0.05) is 5.75 Å². The van der Waals surface area contributed by atoms with Gasteiger partial charge in [-0.15, -0.1) is 0 Å². The first kappa shape index (κ1) is 12.3. The van der Waals surface area contributed by atoms with Crippen LogP contribution in [-0.4, -0.2) is 35.4 Å². The monoisotopic (exact) mass is 192 g/mol. The van der Waals surface area contributed by atoms with Crippen LogP contribution in [0.3, 0.4) is 0 Å². The molecule has 0 saturated carbocycles. The largest absolute Gasteiger partial charge is 0.390 e. The molecule has 0 aliphatic rings. The van der Waals surface area contributed by atoms with E-state index in [1.165, 1.54) is 6.42 Å². The van der Waals surface area contributed by atoms with E-state index < -0.39 is 0 Å². The van der Waals surface area contributed by atoms with E-state index in [4.69, 9.17) is 4.74 Å². The topological polar surface area (TPSA) is 29.5 Å². The second-order valence-corrected chi connectivity index (χ2v) is 4.26. The van der Waals surface area contributed by atoms with Gasteiger partial charge in [-0.2, -0.15) is 11.8 Å². The summed E-state index contributed by atoms with van der Waals surface area (Å²) in [6.07, 6.45) is 1.09. The highest BCUT2D eigenvalue weighted by molar-refractivity contribution is 7.99. The van der Waals surface area contributed by atoms with Crippen LogP contribution < -0.4 is 0 Å². The van der Waals surface area contributed by atoms with Crippen molar-refractivity contribution >= 4 is 11.8 Å². The molecule has 0 bridgehead atoms. The summed E-state index contributed by atoms with van der Waals surface area (Å²) in [4.78, 5) is 0. The van der Waals surface area contributed by atoms with Gasteiger partial charge in [-0.3, -0.25) is 0 Å². The molecule has 74 valence electrons. The van der Waals surface area contributed by atoms with Crippen LogP contribution in [0.15, 0.2) is 0 Å². The highest BCUT2D eigenvalue weighted by atomic mass is 32.2. The summed E-state index contributed by atoms with van der Waals surface area (Å²) in [5.74, 6) is 1.92. The lowest BCUT2D eigenvalue weighted by Crippen LogP contribution is -2.20. The average molecular weight is 192 g/mol.